The predicted molar refractivity (Wildman–Crippen MR) is 128 cm³/mol. The van der Waals surface area contributed by atoms with E-state index in [0.717, 1.165) is 36.5 Å². The van der Waals surface area contributed by atoms with Crippen LogP contribution in [0.15, 0.2) is 41.8 Å². The van der Waals surface area contributed by atoms with E-state index in [-0.39, 0.29) is 17.9 Å². The molecule has 31 heavy (non-hydrogen) atoms. The van der Waals surface area contributed by atoms with Gasteiger partial charge in [0.2, 0.25) is 5.91 Å². The molecule has 0 aliphatic carbocycles. The molecule has 0 fully saturated rings. The van der Waals surface area contributed by atoms with Gasteiger partial charge in [0.05, 0.1) is 12.0 Å². The molecule has 0 saturated heterocycles. The van der Waals surface area contributed by atoms with E-state index in [4.69, 9.17) is 0 Å². The molecule has 1 aromatic carbocycles. The molecule has 3 rings (SSSR count). The van der Waals surface area contributed by atoms with Crippen LogP contribution in [0.25, 0.3) is 0 Å². The van der Waals surface area contributed by atoms with Crippen LogP contribution in [0.4, 0.5) is 0 Å². The van der Waals surface area contributed by atoms with Crippen LogP contribution in [-0.2, 0) is 4.79 Å². The minimum atomic E-state index is -0.403. The zero-order valence-corrected chi connectivity index (χ0v) is 20.0. The number of fused-ring (bicyclic) bond motifs is 1. The first-order valence-corrected chi connectivity index (χ1v) is 12.3. The van der Waals surface area contributed by atoms with Crippen molar-refractivity contribution in [2.45, 2.75) is 46.1 Å². The lowest BCUT2D eigenvalue weighted by atomic mass is 9.81. The fourth-order valence-electron chi connectivity index (χ4n) is 4.41. The highest BCUT2D eigenvalue weighted by molar-refractivity contribution is 7.10. The van der Waals surface area contributed by atoms with Gasteiger partial charge in [-0.1, -0.05) is 52.0 Å². The van der Waals surface area contributed by atoms with E-state index >= 15 is 0 Å². The Morgan fingerprint density at radius 3 is 2.55 bits per heavy atom. The number of nitrogens with zero attached hydrogens (tertiary/aromatic N) is 2. The second-order valence-electron chi connectivity index (χ2n) is 8.55. The van der Waals surface area contributed by atoms with E-state index in [1.807, 2.05) is 46.7 Å². The smallest absolute Gasteiger partial charge is 0.254 e. The van der Waals surface area contributed by atoms with Crippen molar-refractivity contribution in [2.75, 3.05) is 32.7 Å². The van der Waals surface area contributed by atoms with Crippen molar-refractivity contribution in [1.82, 2.24) is 15.1 Å². The number of hydrogen-bond acceptors (Lipinski definition) is 4. The van der Waals surface area contributed by atoms with Crippen molar-refractivity contribution in [1.29, 1.82) is 0 Å². The summed E-state index contributed by atoms with van der Waals surface area (Å²) < 4.78 is 0. The van der Waals surface area contributed by atoms with Crippen molar-refractivity contribution in [2.24, 2.45) is 5.92 Å². The SMILES string of the molecule is CCN(CC)CCCNC(=O)[C@@H]1c2ccccc2C(=O)N(CC(C)C)[C@H]1c1cccs1. The quantitative estimate of drug-likeness (QED) is 0.551. The Kier molecular flexibility index (Phi) is 8.27. The van der Waals surface area contributed by atoms with Gasteiger partial charge < -0.3 is 15.1 Å². The summed E-state index contributed by atoms with van der Waals surface area (Å²) in [7, 11) is 0. The lowest BCUT2D eigenvalue weighted by molar-refractivity contribution is -0.124. The molecule has 0 spiro atoms. The molecule has 0 saturated carbocycles. The van der Waals surface area contributed by atoms with E-state index in [1.165, 1.54) is 0 Å². The Hall–Kier alpha value is -2.18. The summed E-state index contributed by atoms with van der Waals surface area (Å²) in [5.41, 5.74) is 1.49. The van der Waals surface area contributed by atoms with Gasteiger partial charge in [-0.15, -0.1) is 11.3 Å². The molecule has 1 aliphatic heterocycles. The van der Waals surface area contributed by atoms with Gasteiger partial charge in [-0.2, -0.15) is 0 Å². The van der Waals surface area contributed by atoms with E-state index in [9.17, 15) is 9.59 Å². The van der Waals surface area contributed by atoms with E-state index < -0.39 is 5.92 Å². The molecule has 6 heteroatoms. The number of nitrogens with one attached hydrogen (secondary N) is 1. The Morgan fingerprint density at radius 2 is 1.90 bits per heavy atom. The molecule has 1 aromatic heterocycles. The van der Waals surface area contributed by atoms with Crippen molar-refractivity contribution < 1.29 is 9.59 Å². The second-order valence-corrected chi connectivity index (χ2v) is 9.53. The number of hydrogen-bond donors (Lipinski definition) is 1. The van der Waals surface area contributed by atoms with Crippen LogP contribution >= 0.6 is 11.3 Å². The fraction of sp³-hybridized carbons (Fsp3) is 0.520. The Morgan fingerprint density at radius 1 is 1.16 bits per heavy atom. The normalized spacial score (nSPS) is 18.5. The van der Waals surface area contributed by atoms with Crippen molar-refractivity contribution >= 4 is 23.2 Å². The number of benzene rings is 1. The number of rotatable bonds is 10. The van der Waals surface area contributed by atoms with Gasteiger partial charge in [-0.25, -0.2) is 0 Å². The Balaban J connectivity index is 1.89. The molecular weight excluding hydrogens is 406 g/mol. The lowest BCUT2D eigenvalue weighted by Gasteiger charge is -2.42. The standard InChI is InChI=1S/C25H35N3O2S/c1-5-27(6-2)15-10-14-26-24(29)22-19-11-7-8-12-20(19)25(30)28(17-18(3)4)23(22)21-13-9-16-31-21/h7-9,11-13,16,18,22-23H,5-6,10,14-15,17H2,1-4H3,(H,26,29)/t22-,23+/m1/s1. The summed E-state index contributed by atoms with van der Waals surface area (Å²) in [6.07, 6.45) is 0.917. The molecule has 2 atom stereocenters. The van der Waals surface area contributed by atoms with Crippen molar-refractivity contribution in [3.8, 4) is 0 Å². The van der Waals surface area contributed by atoms with E-state index in [0.29, 0.717) is 24.6 Å². The first-order chi connectivity index (χ1) is 15.0. The maximum atomic E-state index is 13.5. The minimum Gasteiger partial charge on any atom is -0.355 e. The Labute approximate surface area is 190 Å². The summed E-state index contributed by atoms with van der Waals surface area (Å²) in [5.74, 6) is -0.0610. The molecule has 1 N–H and O–H groups in total. The van der Waals surface area contributed by atoms with Crippen molar-refractivity contribution in [3.05, 3.63) is 57.8 Å². The summed E-state index contributed by atoms with van der Waals surface area (Å²) >= 11 is 1.62. The number of carbonyl (C=O) groups excluding carboxylic acids is 2. The topological polar surface area (TPSA) is 52.7 Å². The number of thiophene rings is 1. The molecule has 0 bridgehead atoms. The maximum Gasteiger partial charge on any atom is 0.254 e. The molecule has 168 valence electrons. The number of carbonyl (C=O) groups is 2. The van der Waals surface area contributed by atoms with Gasteiger partial charge in [0.15, 0.2) is 0 Å². The first-order valence-electron chi connectivity index (χ1n) is 11.4. The average molecular weight is 442 g/mol. The minimum absolute atomic E-state index is 0.00616. The highest BCUT2D eigenvalue weighted by Gasteiger charge is 2.44. The zero-order valence-electron chi connectivity index (χ0n) is 19.1. The molecular formula is C25H35N3O2S. The average Bonchev–Trinajstić information content (AvgIpc) is 3.29. The Bertz CT molecular complexity index is 861. The van der Waals surface area contributed by atoms with E-state index in [1.54, 1.807) is 11.3 Å². The van der Waals surface area contributed by atoms with Gasteiger partial charge >= 0.3 is 0 Å². The van der Waals surface area contributed by atoms with Gasteiger partial charge in [0.25, 0.3) is 5.91 Å². The van der Waals surface area contributed by atoms with Crippen LogP contribution in [0, 0.1) is 5.92 Å². The highest BCUT2D eigenvalue weighted by atomic mass is 32.1. The summed E-state index contributed by atoms with van der Waals surface area (Å²) in [5, 5.41) is 5.20. The summed E-state index contributed by atoms with van der Waals surface area (Å²) in [4.78, 5) is 32.3. The van der Waals surface area contributed by atoms with Crippen LogP contribution < -0.4 is 5.32 Å². The number of amides is 2. The monoisotopic (exact) mass is 441 g/mol. The highest BCUT2D eigenvalue weighted by Crippen LogP contribution is 2.44. The van der Waals surface area contributed by atoms with Gasteiger partial charge in [0, 0.05) is 23.5 Å². The molecule has 2 heterocycles. The van der Waals surface area contributed by atoms with Crippen LogP contribution in [0.3, 0.4) is 0 Å². The second kappa shape index (κ2) is 10.9. The lowest BCUT2D eigenvalue weighted by Crippen LogP contribution is -2.48. The zero-order chi connectivity index (χ0) is 22.4. The van der Waals surface area contributed by atoms with Gasteiger partial charge in [-0.05, 0) is 55.0 Å². The van der Waals surface area contributed by atoms with Gasteiger partial charge in [-0.3, -0.25) is 9.59 Å². The summed E-state index contributed by atoms with van der Waals surface area (Å²) in [6, 6.07) is 11.4. The van der Waals surface area contributed by atoms with Crippen LogP contribution in [0.2, 0.25) is 0 Å². The van der Waals surface area contributed by atoms with Crippen LogP contribution in [0.1, 0.15) is 66.9 Å². The van der Waals surface area contributed by atoms with Crippen LogP contribution in [-0.4, -0.2) is 54.3 Å². The fourth-order valence-corrected chi connectivity index (χ4v) is 5.28. The molecule has 1 aliphatic rings. The predicted octanol–water partition coefficient (Wildman–Crippen LogP) is 4.53. The molecule has 0 unspecified atom stereocenters. The molecule has 0 radical (unpaired) electrons. The van der Waals surface area contributed by atoms with E-state index in [2.05, 4.69) is 37.9 Å². The maximum absolute atomic E-state index is 13.5. The third-order valence-corrected chi connectivity index (χ3v) is 6.91. The van der Waals surface area contributed by atoms with Crippen LogP contribution in [0.5, 0.6) is 0 Å². The molecule has 2 amide bonds. The molecule has 2 aromatic rings. The summed E-state index contributed by atoms with van der Waals surface area (Å²) in [6.45, 7) is 12.8. The third kappa shape index (κ3) is 5.36. The first kappa shape index (κ1) is 23.5. The van der Waals surface area contributed by atoms with Crippen molar-refractivity contribution in [3.63, 3.8) is 0 Å². The van der Waals surface area contributed by atoms with Gasteiger partial charge in [0.1, 0.15) is 0 Å². The molecule has 5 nitrogen and oxygen atoms in total. The largest absolute Gasteiger partial charge is 0.355 e. The third-order valence-electron chi connectivity index (χ3n) is 5.96.